The molecule has 72 heavy (non-hydrogen) atoms. The van der Waals surface area contributed by atoms with Crippen LogP contribution in [0.5, 0.6) is 0 Å². The number of ether oxygens (including phenoxy) is 3. The maximum atomic E-state index is 12.9. The van der Waals surface area contributed by atoms with Crippen LogP contribution in [0.2, 0.25) is 0 Å². The minimum Gasteiger partial charge on any atom is -0.462 e. The second kappa shape index (κ2) is 54.2. The Kier molecular flexibility index (Phi) is 51.9. The van der Waals surface area contributed by atoms with Crippen molar-refractivity contribution in [2.24, 2.45) is 0 Å². The summed E-state index contributed by atoms with van der Waals surface area (Å²) in [6.45, 7) is 4.42. The monoisotopic (exact) mass is 1030 g/mol. The van der Waals surface area contributed by atoms with Gasteiger partial charge in [-0.3, -0.25) is 23.4 Å². The molecule has 3 atom stereocenters. The molecule has 12 heteroatoms. The molecule has 0 saturated carbocycles. The van der Waals surface area contributed by atoms with E-state index in [4.69, 9.17) is 23.3 Å². The predicted octanol–water partition coefficient (Wildman–Crippen LogP) is 16.9. The van der Waals surface area contributed by atoms with Crippen molar-refractivity contribution in [2.75, 3.05) is 26.4 Å². The summed E-state index contributed by atoms with van der Waals surface area (Å²) in [6.07, 6.45) is 60.2. The van der Waals surface area contributed by atoms with Crippen LogP contribution in [0.1, 0.15) is 252 Å². The number of hydrogen-bond donors (Lipinski definition) is 2. The highest BCUT2D eigenvalue weighted by molar-refractivity contribution is 7.47. The van der Waals surface area contributed by atoms with Crippen LogP contribution in [-0.2, 0) is 42.2 Å². The average Bonchev–Trinajstić information content (AvgIpc) is 3.37. The van der Waals surface area contributed by atoms with Gasteiger partial charge in [0, 0.05) is 19.3 Å². The zero-order chi connectivity index (χ0) is 52.7. The molecule has 0 heterocycles. The van der Waals surface area contributed by atoms with Crippen molar-refractivity contribution in [1.29, 1.82) is 0 Å². The van der Waals surface area contributed by atoms with E-state index < -0.39 is 57.8 Å². The number of phosphoric acid groups is 1. The average molecular weight is 1030 g/mol. The van der Waals surface area contributed by atoms with Gasteiger partial charge in [-0.1, -0.05) is 229 Å². The zero-order valence-electron chi connectivity index (χ0n) is 45.9. The van der Waals surface area contributed by atoms with Gasteiger partial charge in [0.1, 0.15) is 12.7 Å². The second-order valence-electron chi connectivity index (χ2n) is 19.1. The molecule has 0 fully saturated rings. The van der Waals surface area contributed by atoms with Crippen molar-refractivity contribution in [1.82, 2.24) is 0 Å². The van der Waals surface area contributed by atoms with Gasteiger partial charge in [0.05, 0.1) is 19.8 Å². The van der Waals surface area contributed by atoms with E-state index in [-0.39, 0.29) is 25.9 Å². The Labute approximate surface area is 439 Å². The molecule has 0 radical (unpaired) electrons. The number of esters is 3. The van der Waals surface area contributed by atoms with Crippen molar-refractivity contribution < 1.29 is 52.2 Å². The topological polar surface area (TPSA) is 155 Å². The fourth-order valence-electron chi connectivity index (χ4n) is 7.75. The lowest BCUT2D eigenvalue weighted by Crippen LogP contribution is -2.30. The standard InChI is InChI=1S/C60H105O11P/c1-4-7-10-13-16-19-22-25-27-28-30-33-36-39-42-45-48-51-60(64)71-57(53-67-58(62)49-46-43-40-37-34-31-24-21-18-15-12-9-6-3)55-69-72(65,66)68-54-56(52-61)70-59(63)50-47-44-41-38-35-32-29-26-23-20-17-14-11-8-5-2/h9,12,17-18,20-21,26,29,31,34,40,43,56-57,61H,4-8,10-11,13-16,19,22-25,27-28,30,32-33,35-39,41-42,44-55H2,1-3H3,(H,65,66)/b12-9-,20-17-,21-18-,29-26-,34-31-,43-40-. The molecular weight excluding hydrogens is 928 g/mol. The SMILES string of the molecule is CC/C=C\C/C=C\C/C=C\C/C=C\CCC(=O)OCC(COP(=O)(O)OCC(CO)OC(=O)CCCCCCC/C=C\C/C=C\CCCCC)OC(=O)CCCCCCCCCCCCCCCCCCC. The fourth-order valence-corrected chi connectivity index (χ4v) is 8.54. The van der Waals surface area contributed by atoms with E-state index in [1.807, 2.05) is 12.2 Å². The van der Waals surface area contributed by atoms with Crippen LogP contribution in [0.4, 0.5) is 0 Å². The Balaban J connectivity index is 4.77. The molecule has 0 aromatic rings. The fraction of sp³-hybridized carbons (Fsp3) is 0.750. The highest BCUT2D eigenvalue weighted by Gasteiger charge is 2.28. The number of phosphoric ester groups is 1. The molecule has 0 aromatic carbocycles. The van der Waals surface area contributed by atoms with Gasteiger partial charge in [0.2, 0.25) is 0 Å². The van der Waals surface area contributed by atoms with E-state index >= 15 is 0 Å². The molecule has 416 valence electrons. The van der Waals surface area contributed by atoms with E-state index in [0.717, 1.165) is 89.9 Å². The van der Waals surface area contributed by atoms with Crippen LogP contribution < -0.4 is 0 Å². The second-order valence-corrected chi connectivity index (χ2v) is 20.5. The largest absolute Gasteiger partial charge is 0.472 e. The van der Waals surface area contributed by atoms with Gasteiger partial charge in [-0.05, 0) is 77.0 Å². The summed E-state index contributed by atoms with van der Waals surface area (Å²) in [5.74, 6) is -1.57. The third kappa shape index (κ3) is 51.8. The van der Waals surface area contributed by atoms with Gasteiger partial charge in [0.15, 0.2) is 6.10 Å². The number of rotatable bonds is 53. The minimum absolute atomic E-state index is 0.105. The number of carbonyl (C=O) groups excluding carboxylic acids is 3. The minimum atomic E-state index is -4.76. The van der Waals surface area contributed by atoms with Gasteiger partial charge in [0.25, 0.3) is 0 Å². The van der Waals surface area contributed by atoms with Crippen LogP contribution in [-0.4, -0.2) is 66.5 Å². The molecule has 11 nitrogen and oxygen atoms in total. The first kappa shape index (κ1) is 68.9. The Bertz CT molecular complexity index is 1490. The van der Waals surface area contributed by atoms with E-state index in [1.165, 1.54) is 103 Å². The molecule has 0 aliphatic rings. The van der Waals surface area contributed by atoms with Crippen molar-refractivity contribution in [3.63, 3.8) is 0 Å². The molecule has 0 bridgehead atoms. The summed E-state index contributed by atoms with van der Waals surface area (Å²) in [5, 5.41) is 9.81. The van der Waals surface area contributed by atoms with Crippen molar-refractivity contribution in [3.05, 3.63) is 72.9 Å². The molecule has 3 unspecified atom stereocenters. The molecule has 2 N–H and O–H groups in total. The van der Waals surface area contributed by atoms with Gasteiger partial charge < -0.3 is 24.2 Å². The third-order valence-electron chi connectivity index (χ3n) is 12.1. The molecule has 0 aliphatic carbocycles. The number of hydrogen-bond acceptors (Lipinski definition) is 10. The highest BCUT2D eigenvalue weighted by atomic mass is 31.2. The number of carbonyl (C=O) groups is 3. The Hall–Kier alpha value is -3.08. The molecule has 0 saturated heterocycles. The third-order valence-corrected chi connectivity index (χ3v) is 13.1. The Morgan fingerprint density at radius 2 is 0.750 bits per heavy atom. The van der Waals surface area contributed by atoms with Gasteiger partial charge in [-0.2, -0.15) is 0 Å². The number of unbranched alkanes of at least 4 members (excludes halogenated alkanes) is 24. The molecule has 0 aliphatic heterocycles. The maximum absolute atomic E-state index is 12.9. The lowest BCUT2D eigenvalue weighted by Gasteiger charge is -2.21. The normalized spacial score (nSPS) is 13.9. The summed E-state index contributed by atoms with van der Waals surface area (Å²) in [5.41, 5.74) is 0. The first-order chi connectivity index (χ1) is 35.2. The van der Waals surface area contributed by atoms with Crippen LogP contribution in [0.25, 0.3) is 0 Å². The zero-order valence-corrected chi connectivity index (χ0v) is 46.8. The van der Waals surface area contributed by atoms with E-state index in [2.05, 4.69) is 81.5 Å². The van der Waals surface area contributed by atoms with E-state index in [9.17, 15) is 28.9 Å². The summed E-state index contributed by atoms with van der Waals surface area (Å²) in [7, 11) is -4.76. The number of allylic oxidation sites excluding steroid dienone is 12. The quantitative estimate of drug-likeness (QED) is 0.0197. The molecular formula is C60H105O11P. The first-order valence-electron chi connectivity index (χ1n) is 28.8. The molecule has 0 amide bonds. The summed E-state index contributed by atoms with van der Waals surface area (Å²) in [4.78, 5) is 48.5. The van der Waals surface area contributed by atoms with Crippen LogP contribution >= 0.6 is 7.82 Å². The van der Waals surface area contributed by atoms with Gasteiger partial charge in [-0.15, -0.1) is 0 Å². The van der Waals surface area contributed by atoms with Crippen LogP contribution in [0.3, 0.4) is 0 Å². The lowest BCUT2D eigenvalue weighted by atomic mass is 10.0. The van der Waals surface area contributed by atoms with Crippen molar-refractivity contribution >= 4 is 25.7 Å². The summed E-state index contributed by atoms with van der Waals surface area (Å²) in [6, 6.07) is 0. The number of aliphatic hydroxyl groups excluding tert-OH is 1. The first-order valence-corrected chi connectivity index (χ1v) is 30.3. The van der Waals surface area contributed by atoms with Gasteiger partial charge >= 0.3 is 25.7 Å². The molecule has 0 rings (SSSR count). The van der Waals surface area contributed by atoms with Crippen LogP contribution in [0, 0.1) is 0 Å². The van der Waals surface area contributed by atoms with Crippen molar-refractivity contribution in [3.8, 4) is 0 Å². The molecule has 0 spiro atoms. The predicted molar refractivity (Wildman–Crippen MR) is 298 cm³/mol. The maximum Gasteiger partial charge on any atom is 0.472 e. The summed E-state index contributed by atoms with van der Waals surface area (Å²) >= 11 is 0. The highest BCUT2D eigenvalue weighted by Crippen LogP contribution is 2.43. The van der Waals surface area contributed by atoms with Gasteiger partial charge in [-0.25, -0.2) is 4.57 Å². The van der Waals surface area contributed by atoms with E-state index in [0.29, 0.717) is 19.3 Å². The van der Waals surface area contributed by atoms with E-state index in [1.54, 1.807) is 0 Å². The Morgan fingerprint density at radius 1 is 0.403 bits per heavy atom. The number of aliphatic hydroxyl groups is 1. The summed E-state index contributed by atoms with van der Waals surface area (Å²) < 4.78 is 39.4. The smallest absolute Gasteiger partial charge is 0.462 e. The van der Waals surface area contributed by atoms with Crippen molar-refractivity contribution in [2.45, 2.75) is 264 Å². The Morgan fingerprint density at radius 3 is 1.19 bits per heavy atom. The lowest BCUT2D eigenvalue weighted by molar-refractivity contribution is -0.161. The van der Waals surface area contributed by atoms with Crippen LogP contribution in [0.15, 0.2) is 72.9 Å². The molecule has 0 aromatic heterocycles.